The zero-order valence-corrected chi connectivity index (χ0v) is 23.9. The van der Waals surface area contributed by atoms with Crippen molar-refractivity contribution in [3.63, 3.8) is 0 Å². The molecule has 3 atom stereocenters. The van der Waals surface area contributed by atoms with E-state index in [4.69, 9.17) is 9.47 Å². The first kappa shape index (κ1) is 30.2. The van der Waals surface area contributed by atoms with Crippen molar-refractivity contribution in [2.24, 2.45) is 5.92 Å². The Kier molecular flexibility index (Phi) is 9.50. The summed E-state index contributed by atoms with van der Waals surface area (Å²) in [5, 5.41) is 20.4. The second kappa shape index (κ2) is 13.2. The van der Waals surface area contributed by atoms with Crippen LogP contribution in [0.15, 0.2) is 48.9 Å². The molecule has 3 aromatic rings. The van der Waals surface area contributed by atoms with Crippen molar-refractivity contribution in [2.45, 2.75) is 51.2 Å². The number of ether oxygens (including phenoxy) is 2. The lowest BCUT2D eigenvalue weighted by atomic mass is 10.0. The first-order valence-corrected chi connectivity index (χ1v) is 13.5. The summed E-state index contributed by atoms with van der Waals surface area (Å²) in [6.07, 6.45) is 5.33. The van der Waals surface area contributed by atoms with Crippen molar-refractivity contribution in [1.29, 1.82) is 0 Å². The van der Waals surface area contributed by atoms with Crippen molar-refractivity contribution in [2.75, 3.05) is 20.8 Å². The average molecular weight is 579 g/mol. The Balaban J connectivity index is 1.53. The molecule has 0 aliphatic carbocycles. The van der Waals surface area contributed by atoms with E-state index in [0.29, 0.717) is 30.6 Å². The summed E-state index contributed by atoms with van der Waals surface area (Å²) in [5.74, 6) is -1.64. The monoisotopic (exact) mass is 578 g/mol. The molecule has 2 aromatic heterocycles. The number of esters is 2. The largest absolute Gasteiger partial charge is 0.508 e. The summed E-state index contributed by atoms with van der Waals surface area (Å²) in [6, 6.07) is 5.59. The van der Waals surface area contributed by atoms with Gasteiger partial charge in [0.25, 0.3) is 5.91 Å². The molecule has 1 aliphatic heterocycles. The number of aromatic nitrogens is 4. The van der Waals surface area contributed by atoms with Gasteiger partial charge in [-0.25, -0.2) is 14.3 Å². The van der Waals surface area contributed by atoms with Gasteiger partial charge in [-0.1, -0.05) is 31.2 Å². The van der Waals surface area contributed by atoms with Gasteiger partial charge in [0, 0.05) is 30.9 Å². The molecule has 0 unspecified atom stereocenters. The van der Waals surface area contributed by atoms with Crippen LogP contribution in [-0.4, -0.2) is 86.6 Å². The highest BCUT2D eigenvalue weighted by Crippen LogP contribution is 2.26. The minimum atomic E-state index is -0.884. The molecular weight excluding hydrogens is 544 g/mol. The fourth-order valence-corrected chi connectivity index (χ4v) is 4.97. The molecule has 0 bridgehead atoms. The minimum Gasteiger partial charge on any atom is -0.508 e. The van der Waals surface area contributed by atoms with Crippen LogP contribution in [0.4, 0.5) is 0 Å². The van der Waals surface area contributed by atoms with Crippen LogP contribution in [0.5, 0.6) is 5.75 Å². The number of amides is 2. The quantitative estimate of drug-likeness (QED) is 0.321. The maximum absolute atomic E-state index is 13.2. The Morgan fingerprint density at radius 1 is 1.05 bits per heavy atom. The highest BCUT2D eigenvalue weighted by Gasteiger charge is 2.40. The number of aromatic hydroxyl groups is 1. The number of hydrogen-bond acceptors (Lipinski definition) is 10. The van der Waals surface area contributed by atoms with Gasteiger partial charge in [0.2, 0.25) is 5.91 Å². The molecule has 13 heteroatoms. The van der Waals surface area contributed by atoms with E-state index in [0.717, 1.165) is 5.56 Å². The Morgan fingerprint density at radius 2 is 1.74 bits per heavy atom. The number of pyridine rings is 1. The number of nitrogens with one attached hydrogen (secondary N) is 1. The van der Waals surface area contributed by atoms with Gasteiger partial charge >= 0.3 is 11.9 Å². The molecule has 0 radical (unpaired) electrons. The SMILES string of the molecule is COC(=O)[C@@H](Cc1ccc(O)cc1)n1nncc1-c1cncc(C(=O)N[C@@H]2CCN([C@@H](CC(C)C)C(=O)OC)C2=O)c1. The van der Waals surface area contributed by atoms with Gasteiger partial charge in [-0.3, -0.25) is 14.6 Å². The second-order valence-electron chi connectivity index (χ2n) is 10.5. The number of carbonyl (C=O) groups excluding carboxylic acids is 4. The van der Waals surface area contributed by atoms with E-state index < -0.39 is 36.0 Å². The van der Waals surface area contributed by atoms with Gasteiger partial charge in [0.05, 0.1) is 31.7 Å². The molecule has 4 rings (SSSR count). The average Bonchev–Trinajstić information content (AvgIpc) is 3.61. The molecule has 0 spiro atoms. The Hall–Kier alpha value is -4.81. The summed E-state index contributed by atoms with van der Waals surface area (Å²) < 4.78 is 11.3. The van der Waals surface area contributed by atoms with Gasteiger partial charge < -0.3 is 24.8 Å². The lowest BCUT2D eigenvalue weighted by Crippen LogP contribution is -2.48. The predicted octanol–water partition coefficient (Wildman–Crippen LogP) is 1.92. The van der Waals surface area contributed by atoms with Gasteiger partial charge in [0.15, 0.2) is 6.04 Å². The number of phenolic OH excluding ortho intramolecular Hbond substituents is 1. The highest BCUT2D eigenvalue weighted by atomic mass is 16.5. The maximum Gasteiger partial charge on any atom is 0.331 e. The highest BCUT2D eigenvalue weighted by molar-refractivity contribution is 5.99. The first-order chi connectivity index (χ1) is 20.1. The predicted molar refractivity (Wildman–Crippen MR) is 149 cm³/mol. The zero-order chi connectivity index (χ0) is 30.4. The lowest BCUT2D eigenvalue weighted by molar-refractivity contribution is -0.152. The molecule has 0 saturated carbocycles. The summed E-state index contributed by atoms with van der Waals surface area (Å²) in [4.78, 5) is 57.2. The van der Waals surface area contributed by atoms with Gasteiger partial charge in [0.1, 0.15) is 17.8 Å². The summed E-state index contributed by atoms with van der Waals surface area (Å²) in [6.45, 7) is 4.23. The van der Waals surface area contributed by atoms with E-state index >= 15 is 0 Å². The zero-order valence-electron chi connectivity index (χ0n) is 23.9. The lowest BCUT2D eigenvalue weighted by Gasteiger charge is -2.27. The molecule has 2 N–H and O–H groups in total. The number of hydrogen-bond donors (Lipinski definition) is 2. The van der Waals surface area contributed by atoms with Crippen LogP contribution < -0.4 is 5.32 Å². The number of nitrogens with zero attached hydrogens (tertiary/aromatic N) is 5. The first-order valence-electron chi connectivity index (χ1n) is 13.5. The topological polar surface area (TPSA) is 166 Å². The maximum atomic E-state index is 13.2. The third kappa shape index (κ3) is 6.73. The van der Waals surface area contributed by atoms with Crippen molar-refractivity contribution < 1.29 is 33.8 Å². The number of methoxy groups -OCH3 is 2. The standard InChI is InChI=1S/C29H34N6O7/c1-17(2)11-23(28(39)41-3)34-10-9-22(27(34)38)32-26(37)20-13-19(14-30-15-20)25-16-31-33-35(25)24(29(40)42-4)12-18-5-7-21(36)8-6-18/h5-8,13-17,22-24,36H,9-12H2,1-4H3,(H,32,37)/t22-,23+,24-/m1/s1. The molecule has 13 nitrogen and oxygen atoms in total. The second-order valence-corrected chi connectivity index (χ2v) is 10.5. The number of benzene rings is 1. The molecule has 42 heavy (non-hydrogen) atoms. The van der Waals surface area contributed by atoms with Crippen LogP contribution in [0.1, 0.15) is 48.7 Å². The van der Waals surface area contributed by atoms with Crippen LogP contribution in [0.3, 0.4) is 0 Å². The third-order valence-electron chi connectivity index (χ3n) is 7.09. The van der Waals surface area contributed by atoms with Crippen molar-refractivity contribution >= 4 is 23.8 Å². The molecular formula is C29H34N6O7. The van der Waals surface area contributed by atoms with Crippen molar-refractivity contribution in [1.82, 2.24) is 30.2 Å². The molecule has 1 saturated heterocycles. The molecule has 2 amide bonds. The number of rotatable bonds is 11. The van der Waals surface area contributed by atoms with E-state index in [2.05, 4.69) is 20.6 Å². The normalized spacial score (nSPS) is 16.3. The molecule has 3 heterocycles. The summed E-state index contributed by atoms with van der Waals surface area (Å²) in [7, 11) is 2.56. The summed E-state index contributed by atoms with van der Waals surface area (Å²) >= 11 is 0. The minimum absolute atomic E-state index is 0.0989. The van der Waals surface area contributed by atoms with Crippen LogP contribution in [0, 0.1) is 5.92 Å². The Bertz CT molecular complexity index is 1440. The van der Waals surface area contributed by atoms with E-state index in [1.54, 1.807) is 18.2 Å². The summed E-state index contributed by atoms with van der Waals surface area (Å²) in [5.41, 5.74) is 1.83. The van der Waals surface area contributed by atoms with Crippen LogP contribution in [0.25, 0.3) is 11.3 Å². The van der Waals surface area contributed by atoms with Crippen LogP contribution in [0.2, 0.25) is 0 Å². The van der Waals surface area contributed by atoms with Gasteiger partial charge in [-0.05, 0) is 42.5 Å². The number of likely N-dealkylation sites (tertiary alicyclic amines) is 1. The van der Waals surface area contributed by atoms with E-state index in [1.165, 1.54) is 54.5 Å². The Morgan fingerprint density at radius 3 is 2.40 bits per heavy atom. The smallest absolute Gasteiger partial charge is 0.331 e. The van der Waals surface area contributed by atoms with Crippen molar-refractivity contribution in [3.8, 4) is 17.0 Å². The third-order valence-corrected chi connectivity index (χ3v) is 7.09. The number of phenols is 1. The van der Waals surface area contributed by atoms with E-state index in [-0.39, 0.29) is 29.6 Å². The molecule has 1 aliphatic rings. The van der Waals surface area contributed by atoms with Gasteiger partial charge in [-0.15, -0.1) is 5.10 Å². The van der Waals surface area contributed by atoms with Crippen molar-refractivity contribution in [3.05, 3.63) is 60.0 Å². The molecule has 1 fully saturated rings. The fraction of sp³-hybridized carbons (Fsp3) is 0.414. The fourth-order valence-electron chi connectivity index (χ4n) is 4.97. The van der Waals surface area contributed by atoms with Crippen LogP contribution in [-0.2, 0) is 30.3 Å². The van der Waals surface area contributed by atoms with E-state index in [9.17, 15) is 24.3 Å². The molecule has 1 aromatic carbocycles. The number of carbonyl (C=O) groups is 4. The molecule has 222 valence electrons. The van der Waals surface area contributed by atoms with Crippen LogP contribution >= 0.6 is 0 Å². The van der Waals surface area contributed by atoms with Gasteiger partial charge in [-0.2, -0.15) is 0 Å². The Labute approximate surface area is 242 Å². The van der Waals surface area contributed by atoms with E-state index in [1.807, 2.05) is 13.8 Å².